The van der Waals surface area contributed by atoms with Crippen molar-refractivity contribution in [1.82, 2.24) is 20.1 Å². The molecule has 2 aromatic rings. The molecule has 1 aromatic heterocycles. The van der Waals surface area contributed by atoms with Crippen LogP contribution in [-0.4, -0.2) is 73.8 Å². The summed E-state index contributed by atoms with van der Waals surface area (Å²) >= 11 is 0. The first-order chi connectivity index (χ1) is 14.8. The smallest absolute Gasteiger partial charge is 0.218 e. The van der Waals surface area contributed by atoms with Gasteiger partial charge in [-0.05, 0) is 18.6 Å². The van der Waals surface area contributed by atoms with Gasteiger partial charge in [-0.25, -0.2) is 9.98 Å². The summed E-state index contributed by atoms with van der Waals surface area (Å²) in [7, 11) is 1.66. The average Bonchev–Trinajstić information content (AvgIpc) is 2.79. The molecule has 0 saturated carbocycles. The monoisotopic (exact) mass is 539 g/mol. The van der Waals surface area contributed by atoms with Crippen molar-refractivity contribution in [3.8, 4) is 5.88 Å². The molecule has 1 aliphatic rings. The summed E-state index contributed by atoms with van der Waals surface area (Å²) in [5.41, 5.74) is 2.34. The summed E-state index contributed by atoms with van der Waals surface area (Å²) in [5.74, 6) is 1.57. The van der Waals surface area contributed by atoms with Gasteiger partial charge in [-0.3, -0.25) is 4.90 Å². The number of hydrogen-bond acceptors (Lipinski definition) is 5. The SMILES string of the molecule is CCNC(=NCc1cccnc1OCCOC)N1CCN(Cc2ccccc2)CC1.I. The molecule has 0 atom stereocenters. The Bertz CT molecular complexity index is 783. The molecule has 8 heteroatoms. The predicted octanol–water partition coefficient (Wildman–Crippen LogP) is 3.01. The lowest BCUT2D eigenvalue weighted by Crippen LogP contribution is -2.52. The lowest BCUT2D eigenvalue weighted by atomic mass is 10.2. The highest BCUT2D eigenvalue weighted by Crippen LogP contribution is 2.16. The van der Waals surface area contributed by atoms with E-state index in [1.54, 1.807) is 13.3 Å². The molecule has 3 rings (SSSR count). The summed E-state index contributed by atoms with van der Waals surface area (Å²) in [5, 5.41) is 3.44. The number of pyridine rings is 1. The van der Waals surface area contributed by atoms with Gasteiger partial charge < -0.3 is 19.7 Å². The molecule has 31 heavy (non-hydrogen) atoms. The summed E-state index contributed by atoms with van der Waals surface area (Å²) < 4.78 is 10.8. The highest BCUT2D eigenvalue weighted by molar-refractivity contribution is 14.0. The fraction of sp³-hybridized carbons (Fsp3) is 0.478. The summed E-state index contributed by atoms with van der Waals surface area (Å²) in [6.07, 6.45) is 1.74. The van der Waals surface area contributed by atoms with E-state index in [9.17, 15) is 0 Å². The Morgan fingerprint density at radius 3 is 2.55 bits per heavy atom. The highest BCUT2D eigenvalue weighted by atomic mass is 127. The second kappa shape index (κ2) is 14.2. The number of ether oxygens (including phenoxy) is 2. The third kappa shape index (κ3) is 8.27. The number of aromatic nitrogens is 1. The van der Waals surface area contributed by atoms with Crippen LogP contribution in [0.2, 0.25) is 0 Å². The van der Waals surface area contributed by atoms with Gasteiger partial charge in [0.15, 0.2) is 5.96 Å². The van der Waals surface area contributed by atoms with Gasteiger partial charge in [-0.2, -0.15) is 0 Å². The topological polar surface area (TPSA) is 62.2 Å². The molecule has 0 spiro atoms. The van der Waals surface area contributed by atoms with Crippen LogP contribution in [0, 0.1) is 0 Å². The van der Waals surface area contributed by atoms with Crippen LogP contribution in [0.1, 0.15) is 18.1 Å². The Morgan fingerprint density at radius 2 is 1.84 bits per heavy atom. The van der Waals surface area contributed by atoms with E-state index in [1.807, 2.05) is 12.1 Å². The first-order valence-corrected chi connectivity index (χ1v) is 10.6. The Hall–Kier alpha value is -1.91. The van der Waals surface area contributed by atoms with E-state index < -0.39 is 0 Å². The molecule has 2 heterocycles. The molecule has 0 amide bonds. The molecule has 0 aliphatic carbocycles. The number of nitrogens with one attached hydrogen (secondary N) is 1. The van der Waals surface area contributed by atoms with Crippen molar-refractivity contribution >= 4 is 29.9 Å². The lowest BCUT2D eigenvalue weighted by Gasteiger charge is -2.36. The van der Waals surface area contributed by atoms with Crippen molar-refractivity contribution in [2.75, 3.05) is 53.0 Å². The number of halogens is 1. The summed E-state index contributed by atoms with van der Waals surface area (Å²) in [4.78, 5) is 14.1. The van der Waals surface area contributed by atoms with Gasteiger partial charge in [0.05, 0.1) is 13.2 Å². The second-order valence-corrected chi connectivity index (χ2v) is 7.23. The van der Waals surface area contributed by atoms with E-state index >= 15 is 0 Å². The number of guanidine groups is 1. The lowest BCUT2D eigenvalue weighted by molar-refractivity contribution is 0.143. The number of aliphatic imine (C=N–C) groups is 1. The Balaban J connectivity index is 0.00000341. The van der Waals surface area contributed by atoms with Crippen LogP contribution >= 0.6 is 24.0 Å². The zero-order chi connectivity index (χ0) is 21.0. The van der Waals surface area contributed by atoms with Gasteiger partial charge in [0.25, 0.3) is 0 Å². The zero-order valence-electron chi connectivity index (χ0n) is 18.5. The average molecular weight is 539 g/mol. The Kier molecular flexibility index (Phi) is 11.6. The van der Waals surface area contributed by atoms with E-state index in [1.165, 1.54) is 5.56 Å². The molecule has 1 saturated heterocycles. The quantitative estimate of drug-likeness (QED) is 0.229. The van der Waals surface area contributed by atoms with Crippen molar-refractivity contribution in [1.29, 1.82) is 0 Å². The Morgan fingerprint density at radius 1 is 1.06 bits per heavy atom. The molecule has 0 radical (unpaired) electrons. The highest BCUT2D eigenvalue weighted by Gasteiger charge is 2.19. The number of rotatable bonds is 9. The molecule has 1 N–H and O–H groups in total. The van der Waals surface area contributed by atoms with Crippen molar-refractivity contribution < 1.29 is 9.47 Å². The van der Waals surface area contributed by atoms with E-state index in [2.05, 4.69) is 57.4 Å². The van der Waals surface area contributed by atoms with Crippen LogP contribution in [0.4, 0.5) is 0 Å². The van der Waals surface area contributed by atoms with E-state index in [0.717, 1.165) is 50.8 Å². The predicted molar refractivity (Wildman–Crippen MR) is 135 cm³/mol. The summed E-state index contributed by atoms with van der Waals surface area (Å²) in [6.45, 7) is 9.46. The van der Waals surface area contributed by atoms with Crippen LogP contribution in [0.15, 0.2) is 53.7 Å². The summed E-state index contributed by atoms with van der Waals surface area (Å²) in [6, 6.07) is 14.6. The number of piperazine rings is 1. The van der Waals surface area contributed by atoms with Gasteiger partial charge in [-0.15, -0.1) is 24.0 Å². The zero-order valence-corrected chi connectivity index (χ0v) is 20.8. The fourth-order valence-electron chi connectivity index (χ4n) is 3.44. The maximum Gasteiger partial charge on any atom is 0.218 e. The van der Waals surface area contributed by atoms with Gasteiger partial charge >= 0.3 is 0 Å². The number of benzene rings is 1. The maximum atomic E-state index is 5.74. The van der Waals surface area contributed by atoms with Crippen LogP contribution in [0.3, 0.4) is 0 Å². The first-order valence-electron chi connectivity index (χ1n) is 10.6. The fourth-order valence-corrected chi connectivity index (χ4v) is 3.44. The molecule has 0 bridgehead atoms. The minimum absolute atomic E-state index is 0. The molecule has 1 aromatic carbocycles. The molecule has 1 fully saturated rings. The van der Waals surface area contributed by atoms with E-state index in [4.69, 9.17) is 14.5 Å². The van der Waals surface area contributed by atoms with Gasteiger partial charge in [0, 0.05) is 58.1 Å². The van der Waals surface area contributed by atoms with Crippen molar-refractivity contribution in [2.45, 2.75) is 20.0 Å². The normalized spacial score (nSPS) is 14.8. The van der Waals surface area contributed by atoms with Gasteiger partial charge in [0.2, 0.25) is 5.88 Å². The Labute approximate surface area is 202 Å². The third-order valence-electron chi connectivity index (χ3n) is 5.03. The van der Waals surface area contributed by atoms with Crippen molar-refractivity contribution in [3.05, 3.63) is 59.8 Å². The standard InChI is InChI=1S/C23H33N5O2.HI/c1-3-24-23(26-18-21-10-7-11-25-22(21)30-17-16-29-2)28-14-12-27(13-15-28)19-20-8-5-4-6-9-20;/h4-11H,3,12-19H2,1-2H3,(H,24,26);1H. The molecule has 0 unspecified atom stereocenters. The second-order valence-electron chi connectivity index (χ2n) is 7.23. The minimum Gasteiger partial charge on any atom is -0.475 e. The first kappa shape index (κ1) is 25.4. The number of nitrogens with zero attached hydrogens (tertiary/aromatic N) is 4. The molecule has 170 valence electrons. The molecule has 1 aliphatic heterocycles. The van der Waals surface area contributed by atoms with Gasteiger partial charge in [0.1, 0.15) is 6.61 Å². The van der Waals surface area contributed by atoms with Crippen LogP contribution in [0.25, 0.3) is 0 Å². The van der Waals surface area contributed by atoms with Crippen molar-refractivity contribution in [2.24, 2.45) is 4.99 Å². The molecular weight excluding hydrogens is 505 g/mol. The van der Waals surface area contributed by atoms with Crippen molar-refractivity contribution in [3.63, 3.8) is 0 Å². The largest absolute Gasteiger partial charge is 0.475 e. The molecule has 7 nitrogen and oxygen atoms in total. The van der Waals surface area contributed by atoms with Crippen LogP contribution in [-0.2, 0) is 17.8 Å². The van der Waals surface area contributed by atoms with Crippen LogP contribution < -0.4 is 10.1 Å². The molecular formula is C23H34IN5O2. The van der Waals surface area contributed by atoms with E-state index in [0.29, 0.717) is 25.6 Å². The number of hydrogen-bond donors (Lipinski definition) is 1. The van der Waals surface area contributed by atoms with Crippen LogP contribution in [0.5, 0.6) is 5.88 Å². The minimum atomic E-state index is 0. The maximum absolute atomic E-state index is 5.74. The van der Waals surface area contributed by atoms with E-state index in [-0.39, 0.29) is 24.0 Å². The number of methoxy groups -OCH3 is 1. The van der Waals surface area contributed by atoms with Gasteiger partial charge in [-0.1, -0.05) is 36.4 Å². The third-order valence-corrected chi connectivity index (χ3v) is 5.03.